The van der Waals surface area contributed by atoms with Crippen molar-refractivity contribution in [1.82, 2.24) is 0 Å². The predicted molar refractivity (Wildman–Crippen MR) is 64.9 cm³/mol. The Hall–Kier alpha value is -0.660. The van der Waals surface area contributed by atoms with Crippen LogP contribution in [0.4, 0.5) is 0 Å². The molecule has 1 aromatic rings. The van der Waals surface area contributed by atoms with Crippen molar-refractivity contribution < 1.29 is 4.21 Å². The lowest BCUT2D eigenvalue weighted by molar-refractivity contribution is 0.664. The van der Waals surface area contributed by atoms with Gasteiger partial charge in [-0.15, -0.1) is 0 Å². The molecule has 0 saturated heterocycles. The van der Waals surface area contributed by atoms with Gasteiger partial charge in [0.15, 0.2) is 0 Å². The minimum atomic E-state index is -1.10. The fourth-order valence-electron chi connectivity index (χ4n) is 1.26. The third kappa shape index (κ3) is 3.15. The maximum absolute atomic E-state index is 12.1. The van der Waals surface area contributed by atoms with Gasteiger partial charge >= 0.3 is 0 Å². The van der Waals surface area contributed by atoms with E-state index in [9.17, 15) is 4.21 Å². The Morgan fingerprint density at radius 3 is 2.73 bits per heavy atom. The van der Waals surface area contributed by atoms with Crippen molar-refractivity contribution in [3.63, 3.8) is 0 Å². The van der Waals surface area contributed by atoms with Gasteiger partial charge in [-0.2, -0.15) is 5.26 Å². The maximum Gasteiger partial charge on any atom is 0.0634 e. The molecular formula is C11H12BrNOS. The first kappa shape index (κ1) is 12.4. The topological polar surface area (TPSA) is 40.9 Å². The molecule has 0 aliphatic carbocycles. The molecule has 0 heterocycles. The van der Waals surface area contributed by atoms with Crippen LogP contribution in [0.1, 0.15) is 19.8 Å². The van der Waals surface area contributed by atoms with Gasteiger partial charge in [0.2, 0.25) is 0 Å². The van der Waals surface area contributed by atoms with Crippen molar-refractivity contribution in [2.24, 2.45) is 0 Å². The summed E-state index contributed by atoms with van der Waals surface area (Å²) in [6.07, 6.45) is 1.09. The summed E-state index contributed by atoms with van der Waals surface area (Å²) in [5.74, 6) is 0. The number of benzene rings is 1. The van der Waals surface area contributed by atoms with Crippen LogP contribution in [0.5, 0.6) is 0 Å². The summed E-state index contributed by atoms with van der Waals surface area (Å²) in [6.45, 7) is 1.96. The summed E-state index contributed by atoms with van der Waals surface area (Å²) in [4.78, 5) is 0.777. The molecule has 15 heavy (non-hydrogen) atoms. The molecule has 0 spiro atoms. The Kier molecular flexibility index (Phi) is 5.00. The molecule has 0 N–H and O–H groups in total. The molecule has 0 radical (unpaired) electrons. The van der Waals surface area contributed by atoms with E-state index < -0.39 is 10.8 Å². The fourth-order valence-corrected chi connectivity index (χ4v) is 3.38. The van der Waals surface area contributed by atoms with Crippen LogP contribution < -0.4 is 0 Å². The zero-order valence-corrected chi connectivity index (χ0v) is 10.8. The van der Waals surface area contributed by atoms with Crippen molar-refractivity contribution in [1.29, 1.82) is 5.26 Å². The number of nitriles is 1. The summed E-state index contributed by atoms with van der Waals surface area (Å²) in [6, 6.07) is 9.52. The number of hydrogen-bond acceptors (Lipinski definition) is 2. The van der Waals surface area contributed by atoms with Crippen LogP contribution in [-0.4, -0.2) is 9.46 Å². The van der Waals surface area contributed by atoms with E-state index in [1.165, 1.54) is 0 Å². The molecule has 0 saturated carbocycles. The Morgan fingerprint density at radius 2 is 2.20 bits per heavy atom. The Labute approximate surface area is 101 Å². The second kappa shape index (κ2) is 6.04. The molecule has 0 bridgehead atoms. The highest BCUT2D eigenvalue weighted by molar-refractivity contribution is 9.10. The van der Waals surface area contributed by atoms with Crippen molar-refractivity contribution in [3.8, 4) is 6.07 Å². The van der Waals surface area contributed by atoms with Crippen molar-refractivity contribution in [2.45, 2.75) is 29.9 Å². The van der Waals surface area contributed by atoms with Gasteiger partial charge in [-0.1, -0.05) is 19.1 Å². The minimum Gasteiger partial charge on any atom is -0.254 e. The second-order valence-corrected chi connectivity index (χ2v) is 5.68. The van der Waals surface area contributed by atoms with E-state index in [4.69, 9.17) is 5.26 Å². The molecule has 4 heteroatoms. The number of hydrogen-bond donors (Lipinski definition) is 0. The van der Waals surface area contributed by atoms with Gasteiger partial charge in [0, 0.05) is 10.9 Å². The van der Waals surface area contributed by atoms with Gasteiger partial charge in [0.1, 0.15) is 0 Å². The monoisotopic (exact) mass is 285 g/mol. The average molecular weight is 286 g/mol. The fraction of sp³-hybridized carbons (Fsp3) is 0.364. The smallest absolute Gasteiger partial charge is 0.0634 e. The highest BCUT2D eigenvalue weighted by atomic mass is 79.9. The highest BCUT2D eigenvalue weighted by Gasteiger charge is 2.17. The van der Waals surface area contributed by atoms with Crippen LogP contribution in [0.3, 0.4) is 0 Å². The molecule has 2 nitrogen and oxygen atoms in total. The van der Waals surface area contributed by atoms with Crippen LogP contribution >= 0.6 is 15.9 Å². The van der Waals surface area contributed by atoms with Crippen molar-refractivity contribution in [2.75, 3.05) is 0 Å². The summed E-state index contributed by atoms with van der Waals surface area (Å²) in [5, 5.41) is 8.56. The SMILES string of the molecule is CCC(CC#N)S(=O)c1ccccc1Br. The van der Waals surface area contributed by atoms with Gasteiger partial charge in [-0.25, -0.2) is 0 Å². The molecule has 80 valence electrons. The molecule has 0 fully saturated rings. The van der Waals surface area contributed by atoms with Gasteiger partial charge in [0.05, 0.1) is 27.0 Å². The first-order chi connectivity index (χ1) is 7.20. The van der Waals surface area contributed by atoms with E-state index in [0.717, 1.165) is 15.8 Å². The molecule has 0 amide bonds. The quantitative estimate of drug-likeness (QED) is 0.852. The predicted octanol–water partition coefficient (Wildman–Crippen LogP) is 3.25. The summed E-state index contributed by atoms with van der Waals surface area (Å²) in [5.41, 5.74) is 0. The van der Waals surface area contributed by atoms with Gasteiger partial charge in [-0.05, 0) is 34.5 Å². The molecule has 0 aliphatic rings. The average Bonchev–Trinajstić information content (AvgIpc) is 2.25. The number of halogens is 1. The van der Waals surface area contributed by atoms with Crippen LogP contribution in [0, 0.1) is 11.3 Å². The van der Waals surface area contributed by atoms with Crippen LogP contribution in [0.2, 0.25) is 0 Å². The van der Waals surface area contributed by atoms with Crippen LogP contribution in [0.15, 0.2) is 33.6 Å². The molecular weight excluding hydrogens is 274 g/mol. The third-order valence-corrected chi connectivity index (χ3v) is 4.98. The molecule has 2 atom stereocenters. The third-order valence-electron chi connectivity index (χ3n) is 2.13. The van der Waals surface area contributed by atoms with E-state index >= 15 is 0 Å². The molecule has 1 rings (SSSR count). The van der Waals surface area contributed by atoms with E-state index in [-0.39, 0.29) is 5.25 Å². The normalized spacial score (nSPS) is 14.2. The minimum absolute atomic E-state index is 0.0753. The Bertz CT molecular complexity index is 400. The summed E-state index contributed by atoms with van der Waals surface area (Å²) in [7, 11) is -1.10. The first-order valence-corrected chi connectivity index (χ1v) is 6.73. The Morgan fingerprint density at radius 1 is 1.53 bits per heavy atom. The number of nitrogens with zero attached hydrogens (tertiary/aromatic N) is 1. The van der Waals surface area contributed by atoms with E-state index in [2.05, 4.69) is 22.0 Å². The van der Waals surface area contributed by atoms with Crippen molar-refractivity contribution >= 4 is 26.7 Å². The Balaban J connectivity index is 2.94. The zero-order valence-electron chi connectivity index (χ0n) is 8.44. The van der Waals surface area contributed by atoms with Gasteiger partial charge in [0.25, 0.3) is 0 Å². The van der Waals surface area contributed by atoms with E-state index in [0.29, 0.717) is 6.42 Å². The lowest BCUT2D eigenvalue weighted by Crippen LogP contribution is -2.13. The number of rotatable bonds is 4. The summed E-state index contributed by atoms with van der Waals surface area (Å²) >= 11 is 3.37. The molecule has 2 unspecified atom stereocenters. The standard InChI is InChI=1S/C11H12BrNOS/c1-2-9(7-8-13)15(14)11-6-4-3-5-10(11)12/h3-6,9H,2,7H2,1H3. The molecule has 1 aromatic carbocycles. The summed E-state index contributed by atoms with van der Waals surface area (Å²) < 4.78 is 13.0. The second-order valence-electron chi connectivity index (χ2n) is 3.12. The van der Waals surface area contributed by atoms with Gasteiger partial charge in [-0.3, -0.25) is 4.21 Å². The molecule has 0 aromatic heterocycles. The highest BCUT2D eigenvalue weighted by Crippen LogP contribution is 2.24. The maximum atomic E-state index is 12.1. The first-order valence-electron chi connectivity index (χ1n) is 4.72. The van der Waals surface area contributed by atoms with E-state index in [1.807, 2.05) is 31.2 Å². The molecule has 0 aliphatic heterocycles. The van der Waals surface area contributed by atoms with Gasteiger partial charge < -0.3 is 0 Å². The zero-order chi connectivity index (χ0) is 11.3. The lowest BCUT2D eigenvalue weighted by Gasteiger charge is -2.11. The van der Waals surface area contributed by atoms with Crippen LogP contribution in [0.25, 0.3) is 0 Å². The van der Waals surface area contributed by atoms with Crippen molar-refractivity contribution in [3.05, 3.63) is 28.7 Å². The van der Waals surface area contributed by atoms with E-state index in [1.54, 1.807) is 0 Å². The lowest BCUT2D eigenvalue weighted by atomic mass is 10.3. The van der Waals surface area contributed by atoms with Crippen LogP contribution in [-0.2, 0) is 10.8 Å². The largest absolute Gasteiger partial charge is 0.254 e.